The lowest BCUT2D eigenvalue weighted by molar-refractivity contribution is -0.130. The third-order valence-corrected chi connectivity index (χ3v) is 7.21. The van der Waals surface area contributed by atoms with Gasteiger partial charge in [0.05, 0.1) is 12.1 Å². The Kier molecular flexibility index (Phi) is 7.43. The second kappa shape index (κ2) is 10.7. The Labute approximate surface area is 202 Å². The summed E-state index contributed by atoms with van der Waals surface area (Å²) in [5.41, 5.74) is 3.91. The fourth-order valence-corrected chi connectivity index (χ4v) is 5.87. The average Bonchev–Trinajstić information content (AvgIpc) is 3.14. The highest BCUT2D eigenvalue weighted by atomic mass is 32.2. The topological polar surface area (TPSA) is 105 Å². The van der Waals surface area contributed by atoms with Crippen molar-refractivity contribution in [2.75, 3.05) is 24.7 Å². The number of benzene rings is 2. The zero-order valence-electron chi connectivity index (χ0n) is 18.6. The first kappa shape index (κ1) is 23.7. The Morgan fingerprint density at radius 2 is 1.65 bits per heavy atom. The highest BCUT2D eigenvalue weighted by Gasteiger charge is 2.37. The number of hydrogen-bond acceptors (Lipinski definition) is 5. The van der Waals surface area contributed by atoms with E-state index in [1.54, 1.807) is 11.8 Å². The standard InChI is InChI=1S/C26H26N2O5S/c29-23(27-13-5-10-24(30)31)16-26(11-14-34-15-12-26)28-25(32)33-17-22-20-8-3-1-6-18(20)19-7-2-4-9-21(19)22/h1-4,6-9,22H,11-17H2,(H,27,29)(H,28,32)(H,30,31). The molecule has 0 unspecified atom stereocenters. The van der Waals surface area contributed by atoms with Gasteiger partial charge in [0.1, 0.15) is 6.61 Å². The van der Waals surface area contributed by atoms with Gasteiger partial charge in [-0.2, -0.15) is 11.8 Å². The van der Waals surface area contributed by atoms with Gasteiger partial charge in [-0.1, -0.05) is 54.5 Å². The first-order valence-electron chi connectivity index (χ1n) is 11.2. The molecule has 3 N–H and O–H groups in total. The molecule has 2 aromatic carbocycles. The van der Waals surface area contributed by atoms with Crippen molar-refractivity contribution in [2.24, 2.45) is 0 Å². The molecule has 176 valence electrons. The third-order valence-electron chi connectivity index (χ3n) is 6.23. The van der Waals surface area contributed by atoms with E-state index < -0.39 is 17.6 Å². The van der Waals surface area contributed by atoms with Gasteiger partial charge in [0.2, 0.25) is 5.91 Å². The molecule has 7 nitrogen and oxygen atoms in total. The highest BCUT2D eigenvalue weighted by molar-refractivity contribution is 7.99. The fraction of sp³-hybridized carbons (Fsp3) is 0.346. The minimum Gasteiger partial charge on any atom is -0.472 e. The molecule has 0 bridgehead atoms. The minimum atomic E-state index is -1.24. The lowest BCUT2D eigenvalue weighted by Gasteiger charge is -2.37. The summed E-state index contributed by atoms with van der Waals surface area (Å²) in [6.45, 7) is 0.155. The molecule has 1 aliphatic heterocycles. The highest BCUT2D eigenvalue weighted by Crippen LogP contribution is 2.44. The summed E-state index contributed by atoms with van der Waals surface area (Å²) in [7, 11) is 0. The van der Waals surface area contributed by atoms with Gasteiger partial charge in [-0.15, -0.1) is 0 Å². The van der Waals surface area contributed by atoms with Crippen molar-refractivity contribution in [2.45, 2.75) is 30.7 Å². The molecule has 0 spiro atoms. The summed E-state index contributed by atoms with van der Waals surface area (Å²) < 4.78 is 5.70. The van der Waals surface area contributed by atoms with Gasteiger partial charge in [0.25, 0.3) is 0 Å². The zero-order chi connectivity index (χ0) is 24.0. The van der Waals surface area contributed by atoms with Crippen molar-refractivity contribution in [3.63, 3.8) is 0 Å². The minimum absolute atomic E-state index is 0.0351. The number of amides is 2. The maximum atomic E-state index is 12.9. The van der Waals surface area contributed by atoms with E-state index in [2.05, 4.69) is 40.8 Å². The van der Waals surface area contributed by atoms with Gasteiger partial charge in [-0.25, -0.2) is 9.59 Å². The van der Waals surface area contributed by atoms with Crippen molar-refractivity contribution < 1.29 is 24.2 Å². The summed E-state index contributed by atoms with van der Waals surface area (Å²) in [4.78, 5) is 35.8. The first-order valence-corrected chi connectivity index (χ1v) is 12.3. The summed E-state index contributed by atoms with van der Waals surface area (Å²) in [6, 6.07) is 16.3. The van der Waals surface area contributed by atoms with Crippen LogP contribution in [-0.4, -0.2) is 53.3 Å². The zero-order valence-corrected chi connectivity index (χ0v) is 19.5. The van der Waals surface area contributed by atoms with Gasteiger partial charge >= 0.3 is 12.1 Å². The van der Waals surface area contributed by atoms with Crippen LogP contribution in [-0.2, 0) is 14.3 Å². The summed E-state index contributed by atoms with van der Waals surface area (Å²) in [6.07, 6.45) is 0.853. The van der Waals surface area contributed by atoms with E-state index >= 15 is 0 Å². The molecular formula is C26H26N2O5S. The van der Waals surface area contributed by atoms with E-state index in [1.165, 1.54) is 0 Å². The Balaban J connectivity index is 1.39. The summed E-state index contributed by atoms with van der Waals surface area (Å²) in [5.74, 6) is 4.43. The van der Waals surface area contributed by atoms with Gasteiger partial charge in [-0.3, -0.25) is 4.79 Å². The smallest absolute Gasteiger partial charge is 0.407 e. The average molecular weight is 479 g/mol. The van der Waals surface area contributed by atoms with Crippen LogP contribution < -0.4 is 10.6 Å². The number of ether oxygens (including phenoxy) is 1. The van der Waals surface area contributed by atoms with Gasteiger partial charge in [0.15, 0.2) is 0 Å². The fourth-order valence-electron chi connectivity index (χ4n) is 4.59. The monoisotopic (exact) mass is 478 g/mol. The lowest BCUT2D eigenvalue weighted by atomic mass is 9.88. The first-order chi connectivity index (χ1) is 16.5. The molecule has 8 heteroatoms. The molecule has 2 aromatic rings. The maximum absolute atomic E-state index is 12.9. The van der Waals surface area contributed by atoms with Gasteiger partial charge in [0, 0.05) is 18.3 Å². The van der Waals surface area contributed by atoms with Gasteiger partial charge in [-0.05, 0) is 46.6 Å². The van der Waals surface area contributed by atoms with Crippen molar-refractivity contribution >= 4 is 29.7 Å². The van der Waals surface area contributed by atoms with Gasteiger partial charge < -0.3 is 20.5 Å². The normalized spacial score (nSPS) is 15.8. The molecular weight excluding hydrogens is 452 g/mol. The van der Waals surface area contributed by atoms with Crippen LogP contribution in [0.4, 0.5) is 4.79 Å². The van der Waals surface area contributed by atoms with Crippen LogP contribution >= 0.6 is 11.8 Å². The molecule has 1 saturated heterocycles. The van der Waals surface area contributed by atoms with E-state index in [-0.39, 0.29) is 31.4 Å². The lowest BCUT2D eigenvalue weighted by Crippen LogP contribution is -2.53. The number of nitrogens with one attached hydrogen (secondary N) is 2. The number of fused-ring (bicyclic) bond motifs is 3. The van der Waals surface area contributed by atoms with E-state index in [1.807, 2.05) is 30.2 Å². The molecule has 34 heavy (non-hydrogen) atoms. The van der Waals surface area contributed by atoms with Crippen LogP contribution in [0.5, 0.6) is 0 Å². The number of aliphatic carboxylic acids is 1. The Bertz CT molecular complexity index is 1100. The Morgan fingerprint density at radius 1 is 1.03 bits per heavy atom. The molecule has 0 atom stereocenters. The summed E-state index contributed by atoms with van der Waals surface area (Å²) in [5, 5.41) is 14.2. The SMILES string of the molecule is O=C(O)C#CCNC(=O)CC1(NC(=O)OCC2c3ccccc3-c3ccccc32)CCSCC1. The number of alkyl carbamates (subject to hydrolysis) is 1. The van der Waals surface area contributed by atoms with Crippen LogP contribution in [0, 0.1) is 11.8 Å². The number of thioether (sulfide) groups is 1. The van der Waals surface area contributed by atoms with E-state index in [0.717, 1.165) is 33.8 Å². The predicted molar refractivity (Wildman–Crippen MR) is 131 cm³/mol. The van der Waals surface area contributed by atoms with Crippen LogP contribution in [0.1, 0.15) is 36.3 Å². The van der Waals surface area contributed by atoms with Crippen LogP contribution in [0.25, 0.3) is 11.1 Å². The van der Waals surface area contributed by atoms with Crippen molar-refractivity contribution in [1.82, 2.24) is 10.6 Å². The molecule has 2 amide bonds. The van der Waals surface area contributed by atoms with Crippen molar-refractivity contribution in [3.05, 3.63) is 59.7 Å². The quantitative estimate of drug-likeness (QED) is 0.550. The number of carboxylic acid groups (broad SMARTS) is 1. The summed E-state index contributed by atoms with van der Waals surface area (Å²) >= 11 is 1.78. The molecule has 1 aliphatic carbocycles. The molecule has 0 saturated carbocycles. The Hall–Kier alpha value is -3.44. The molecule has 0 aromatic heterocycles. The number of carboxylic acids is 1. The van der Waals surface area contributed by atoms with Crippen molar-refractivity contribution in [3.8, 4) is 23.0 Å². The molecule has 4 rings (SSSR count). The number of rotatable bonds is 6. The largest absolute Gasteiger partial charge is 0.472 e. The van der Waals surface area contributed by atoms with E-state index in [0.29, 0.717) is 12.8 Å². The number of carbonyl (C=O) groups is 3. The third kappa shape index (κ3) is 5.54. The van der Waals surface area contributed by atoms with Crippen molar-refractivity contribution in [1.29, 1.82) is 0 Å². The number of hydrogen-bond donors (Lipinski definition) is 3. The van der Waals surface area contributed by atoms with Crippen LogP contribution in [0.15, 0.2) is 48.5 Å². The maximum Gasteiger partial charge on any atom is 0.407 e. The van der Waals surface area contributed by atoms with Crippen LogP contribution in [0.2, 0.25) is 0 Å². The van der Waals surface area contributed by atoms with E-state index in [9.17, 15) is 14.4 Å². The molecule has 0 radical (unpaired) electrons. The van der Waals surface area contributed by atoms with Crippen LogP contribution in [0.3, 0.4) is 0 Å². The number of carbonyl (C=O) groups excluding carboxylic acids is 2. The Morgan fingerprint density at radius 3 is 2.26 bits per heavy atom. The molecule has 1 heterocycles. The predicted octanol–water partition coefficient (Wildman–Crippen LogP) is 3.39. The molecule has 1 fully saturated rings. The molecule has 2 aliphatic rings. The second-order valence-electron chi connectivity index (χ2n) is 8.40. The van der Waals surface area contributed by atoms with E-state index in [4.69, 9.17) is 9.84 Å². The second-order valence-corrected chi connectivity index (χ2v) is 9.63.